The molecule has 0 radical (unpaired) electrons. The van der Waals surface area contributed by atoms with Gasteiger partial charge in [0.2, 0.25) is 5.88 Å². The third-order valence-electron chi connectivity index (χ3n) is 4.68. The summed E-state index contributed by atoms with van der Waals surface area (Å²) in [5.41, 5.74) is 4.38. The Morgan fingerprint density at radius 1 is 1.21 bits per heavy atom. The van der Waals surface area contributed by atoms with Crippen LogP contribution in [-0.4, -0.2) is 27.6 Å². The Balaban J connectivity index is 1.46. The van der Waals surface area contributed by atoms with E-state index < -0.39 is 0 Å². The largest absolute Gasteiger partial charge is 0.473 e. The second-order valence-corrected chi connectivity index (χ2v) is 6.39. The van der Waals surface area contributed by atoms with E-state index in [9.17, 15) is 0 Å². The zero-order valence-corrected chi connectivity index (χ0v) is 13.9. The molecule has 4 rings (SSSR count). The Morgan fingerprint density at radius 2 is 2.08 bits per heavy atom. The second kappa shape index (κ2) is 6.61. The van der Waals surface area contributed by atoms with Crippen molar-refractivity contribution < 1.29 is 4.74 Å². The maximum absolute atomic E-state index is 5.92. The van der Waals surface area contributed by atoms with Gasteiger partial charge >= 0.3 is 0 Å². The quantitative estimate of drug-likeness (QED) is 0.802. The molecule has 5 nitrogen and oxygen atoms in total. The second-order valence-electron chi connectivity index (χ2n) is 6.39. The number of pyridine rings is 1. The molecule has 0 atom stereocenters. The van der Waals surface area contributed by atoms with Crippen LogP contribution in [0.4, 0.5) is 0 Å². The number of aryl methyl sites for hydroxylation is 1. The van der Waals surface area contributed by atoms with Crippen LogP contribution in [0.15, 0.2) is 42.7 Å². The predicted molar refractivity (Wildman–Crippen MR) is 94.1 cm³/mol. The minimum Gasteiger partial charge on any atom is -0.473 e. The molecule has 1 N–H and O–H groups in total. The fourth-order valence-corrected chi connectivity index (χ4v) is 3.28. The van der Waals surface area contributed by atoms with Gasteiger partial charge in [-0.05, 0) is 49.7 Å². The summed E-state index contributed by atoms with van der Waals surface area (Å²) in [5.74, 6) is 1.24. The normalized spacial score (nSPS) is 15.7. The Bertz CT molecular complexity index is 836. The van der Waals surface area contributed by atoms with E-state index in [-0.39, 0.29) is 0 Å². The average Bonchev–Trinajstić information content (AvgIpc) is 3.01. The van der Waals surface area contributed by atoms with Gasteiger partial charge in [-0.2, -0.15) is 0 Å². The van der Waals surface area contributed by atoms with Crippen LogP contribution in [0.3, 0.4) is 0 Å². The summed E-state index contributed by atoms with van der Waals surface area (Å²) >= 11 is 0. The smallest absolute Gasteiger partial charge is 0.213 e. The standard InChI is InChI=1S/C19H22N4O/c1-23-13-21-17-11-14(5-6-18(17)23)12-24-19-4-2-3-16(22-19)15-7-9-20-10-8-15/h2-6,11,13,15,20H,7-10,12H2,1H3. The SMILES string of the molecule is Cn1cnc2cc(COc3cccc(C4CCNCC4)n3)ccc21. The molecule has 1 aromatic carbocycles. The number of rotatable bonds is 4. The molecule has 1 aliphatic heterocycles. The van der Waals surface area contributed by atoms with Gasteiger partial charge in [0.25, 0.3) is 0 Å². The molecule has 3 heterocycles. The monoisotopic (exact) mass is 322 g/mol. The molecule has 24 heavy (non-hydrogen) atoms. The molecular formula is C19H22N4O. The van der Waals surface area contributed by atoms with Gasteiger partial charge in [-0.1, -0.05) is 12.1 Å². The van der Waals surface area contributed by atoms with Crippen molar-refractivity contribution in [1.82, 2.24) is 19.9 Å². The van der Waals surface area contributed by atoms with Gasteiger partial charge in [0.15, 0.2) is 0 Å². The maximum atomic E-state index is 5.92. The zero-order chi connectivity index (χ0) is 16.4. The maximum Gasteiger partial charge on any atom is 0.213 e. The number of imidazole rings is 1. The fraction of sp³-hybridized carbons (Fsp3) is 0.368. The number of benzene rings is 1. The molecule has 1 fully saturated rings. The lowest BCUT2D eigenvalue weighted by Gasteiger charge is -2.22. The van der Waals surface area contributed by atoms with Crippen LogP contribution in [0, 0.1) is 0 Å². The van der Waals surface area contributed by atoms with Crippen molar-refractivity contribution in [1.29, 1.82) is 0 Å². The fourth-order valence-electron chi connectivity index (χ4n) is 3.28. The Kier molecular flexibility index (Phi) is 4.17. The minimum absolute atomic E-state index is 0.509. The number of fused-ring (bicyclic) bond motifs is 1. The number of ether oxygens (including phenoxy) is 1. The minimum atomic E-state index is 0.509. The molecule has 0 saturated carbocycles. The number of piperidine rings is 1. The molecule has 0 spiro atoms. The highest BCUT2D eigenvalue weighted by atomic mass is 16.5. The summed E-state index contributed by atoms with van der Waals surface area (Å²) < 4.78 is 7.94. The zero-order valence-electron chi connectivity index (χ0n) is 13.9. The molecule has 0 amide bonds. The van der Waals surface area contributed by atoms with Crippen molar-refractivity contribution in [2.45, 2.75) is 25.4 Å². The van der Waals surface area contributed by atoms with Gasteiger partial charge in [0, 0.05) is 24.7 Å². The Morgan fingerprint density at radius 3 is 2.96 bits per heavy atom. The number of hydrogen-bond acceptors (Lipinski definition) is 4. The molecule has 3 aromatic rings. The van der Waals surface area contributed by atoms with Gasteiger partial charge in [-0.25, -0.2) is 9.97 Å². The van der Waals surface area contributed by atoms with E-state index in [1.165, 1.54) is 0 Å². The molecular weight excluding hydrogens is 300 g/mol. The lowest BCUT2D eigenvalue weighted by atomic mass is 9.94. The topological polar surface area (TPSA) is 52.0 Å². The predicted octanol–water partition coefficient (Wildman–Crippen LogP) is 3.01. The van der Waals surface area contributed by atoms with Gasteiger partial charge < -0.3 is 14.6 Å². The lowest BCUT2D eigenvalue weighted by molar-refractivity contribution is 0.291. The van der Waals surface area contributed by atoms with Crippen LogP contribution >= 0.6 is 0 Å². The van der Waals surface area contributed by atoms with Crippen molar-refractivity contribution >= 4 is 11.0 Å². The number of nitrogens with zero attached hydrogens (tertiary/aromatic N) is 3. The van der Waals surface area contributed by atoms with Gasteiger partial charge in [0.1, 0.15) is 6.61 Å². The Labute approximate surface area is 141 Å². The van der Waals surface area contributed by atoms with E-state index in [0.717, 1.165) is 48.2 Å². The number of nitrogens with one attached hydrogen (secondary N) is 1. The first-order valence-electron chi connectivity index (χ1n) is 8.50. The Hall–Kier alpha value is -2.40. The summed E-state index contributed by atoms with van der Waals surface area (Å²) in [6, 6.07) is 12.3. The van der Waals surface area contributed by atoms with Crippen LogP contribution in [0.25, 0.3) is 11.0 Å². The first kappa shape index (κ1) is 15.1. The van der Waals surface area contributed by atoms with E-state index in [0.29, 0.717) is 18.4 Å². The van der Waals surface area contributed by atoms with E-state index in [1.807, 2.05) is 30.1 Å². The molecule has 5 heteroatoms. The average molecular weight is 322 g/mol. The summed E-state index contributed by atoms with van der Waals surface area (Å²) in [7, 11) is 2.00. The highest BCUT2D eigenvalue weighted by Gasteiger charge is 2.16. The molecule has 1 aliphatic rings. The summed E-state index contributed by atoms with van der Waals surface area (Å²) in [4.78, 5) is 9.10. The van der Waals surface area contributed by atoms with E-state index in [2.05, 4.69) is 34.6 Å². The molecule has 2 aromatic heterocycles. The van der Waals surface area contributed by atoms with Crippen molar-refractivity contribution in [2.75, 3.05) is 13.1 Å². The highest BCUT2D eigenvalue weighted by molar-refractivity contribution is 5.75. The van der Waals surface area contributed by atoms with Gasteiger partial charge in [0.05, 0.1) is 17.4 Å². The van der Waals surface area contributed by atoms with Crippen molar-refractivity contribution in [2.24, 2.45) is 7.05 Å². The molecule has 124 valence electrons. The first-order valence-corrected chi connectivity index (χ1v) is 8.50. The summed E-state index contributed by atoms with van der Waals surface area (Å²) in [5, 5.41) is 3.40. The molecule has 1 saturated heterocycles. The first-order chi connectivity index (χ1) is 11.8. The van der Waals surface area contributed by atoms with Crippen LogP contribution in [0.2, 0.25) is 0 Å². The highest BCUT2D eigenvalue weighted by Crippen LogP contribution is 2.25. The van der Waals surface area contributed by atoms with E-state index in [4.69, 9.17) is 9.72 Å². The van der Waals surface area contributed by atoms with Crippen LogP contribution in [0.1, 0.15) is 30.0 Å². The van der Waals surface area contributed by atoms with Crippen molar-refractivity contribution in [3.63, 3.8) is 0 Å². The number of aromatic nitrogens is 3. The van der Waals surface area contributed by atoms with E-state index in [1.54, 1.807) is 0 Å². The third kappa shape index (κ3) is 3.12. The van der Waals surface area contributed by atoms with Crippen LogP contribution in [-0.2, 0) is 13.7 Å². The van der Waals surface area contributed by atoms with E-state index >= 15 is 0 Å². The number of hydrogen-bond donors (Lipinski definition) is 1. The molecule has 0 unspecified atom stereocenters. The third-order valence-corrected chi connectivity index (χ3v) is 4.68. The summed E-state index contributed by atoms with van der Waals surface area (Å²) in [6.45, 7) is 2.65. The molecule has 0 aliphatic carbocycles. The molecule has 0 bridgehead atoms. The lowest BCUT2D eigenvalue weighted by Crippen LogP contribution is -2.27. The van der Waals surface area contributed by atoms with Crippen molar-refractivity contribution in [3.8, 4) is 5.88 Å². The van der Waals surface area contributed by atoms with Crippen LogP contribution in [0.5, 0.6) is 5.88 Å². The van der Waals surface area contributed by atoms with Gasteiger partial charge in [-0.15, -0.1) is 0 Å². The summed E-state index contributed by atoms with van der Waals surface area (Å²) in [6.07, 6.45) is 4.12. The van der Waals surface area contributed by atoms with Crippen LogP contribution < -0.4 is 10.1 Å². The van der Waals surface area contributed by atoms with Gasteiger partial charge in [-0.3, -0.25) is 0 Å². The van der Waals surface area contributed by atoms with Crippen molar-refractivity contribution in [3.05, 3.63) is 54.0 Å².